The van der Waals surface area contributed by atoms with Crippen LogP contribution in [0.3, 0.4) is 0 Å². The molecule has 1 atom stereocenters. The summed E-state index contributed by atoms with van der Waals surface area (Å²) in [5.74, 6) is 0. The predicted molar refractivity (Wildman–Crippen MR) is 229 cm³/mol. The highest BCUT2D eigenvalue weighted by atomic mass is 16.3. The first-order valence-corrected chi connectivity index (χ1v) is 19.3. The molecule has 2 aliphatic rings. The van der Waals surface area contributed by atoms with Gasteiger partial charge >= 0.3 is 0 Å². The summed E-state index contributed by atoms with van der Waals surface area (Å²) in [7, 11) is 0. The molecule has 9 aromatic carbocycles. The number of hydrogen-bond donors (Lipinski definition) is 0. The molecule has 0 bridgehead atoms. The molecule has 2 nitrogen and oxygen atoms in total. The van der Waals surface area contributed by atoms with Crippen molar-refractivity contribution in [2.24, 2.45) is 0 Å². The molecule has 12 rings (SSSR count). The second-order valence-electron chi connectivity index (χ2n) is 15.1. The van der Waals surface area contributed by atoms with Crippen molar-refractivity contribution < 1.29 is 4.42 Å². The highest BCUT2D eigenvalue weighted by Gasteiger charge is 2.51. The van der Waals surface area contributed by atoms with Crippen LogP contribution in [0.25, 0.3) is 65.7 Å². The maximum atomic E-state index is 6.50. The minimum atomic E-state index is -0.504. The Bertz CT molecular complexity index is 3220. The summed E-state index contributed by atoms with van der Waals surface area (Å²) >= 11 is 0. The van der Waals surface area contributed by atoms with Crippen molar-refractivity contribution in [3.63, 3.8) is 0 Å². The zero-order valence-electron chi connectivity index (χ0n) is 30.4. The van der Waals surface area contributed by atoms with Gasteiger partial charge in [0.05, 0.1) is 5.41 Å². The van der Waals surface area contributed by atoms with Gasteiger partial charge in [-0.2, -0.15) is 0 Å². The van der Waals surface area contributed by atoms with Gasteiger partial charge in [0.25, 0.3) is 0 Å². The molecule has 0 N–H and O–H groups in total. The molecule has 0 saturated heterocycles. The second-order valence-corrected chi connectivity index (χ2v) is 15.1. The minimum absolute atomic E-state index is 0.504. The van der Waals surface area contributed by atoms with E-state index in [0.29, 0.717) is 0 Å². The summed E-state index contributed by atoms with van der Waals surface area (Å²) < 4.78 is 6.50. The van der Waals surface area contributed by atoms with E-state index in [4.69, 9.17) is 4.42 Å². The standard InChI is InChI=1S/C53H35NO/c1-2-33-22-23-35-14-11-18-45-41-16-6-9-20-47(41)53(52(33)51(35)45)46-19-8-5-15-40(46)42-28-26-38(31-48(42)53)54(37-25-24-34-12-3-4-13-36(34)30-37)39-27-29-44-43-17-7-10-21-49(43)55-50(44)32-39/h3-32H,2H2,1H3. The molecule has 0 aliphatic heterocycles. The Hall–Kier alpha value is -6.90. The molecule has 2 heteroatoms. The van der Waals surface area contributed by atoms with Gasteiger partial charge in [0.2, 0.25) is 0 Å². The normalized spacial score (nSPS) is 15.1. The van der Waals surface area contributed by atoms with Crippen molar-refractivity contribution in [1.29, 1.82) is 0 Å². The van der Waals surface area contributed by atoms with E-state index in [0.717, 1.165) is 45.4 Å². The van der Waals surface area contributed by atoms with E-state index in [9.17, 15) is 0 Å². The van der Waals surface area contributed by atoms with Gasteiger partial charge in [-0.1, -0.05) is 140 Å². The first-order chi connectivity index (χ1) is 27.2. The third-order valence-corrected chi connectivity index (χ3v) is 12.4. The Labute approximate surface area is 319 Å². The summed E-state index contributed by atoms with van der Waals surface area (Å²) in [4.78, 5) is 2.42. The fraction of sp³-hybridized carbons (Fsp3) is 0.0566. The Morgan fingerprint density at radius 3 is 1.89 bits per heavy atom. The van der Waals surface area contributed by atoms with E-state index >= 15 is 0 Å². The third-order valence-electron chi connectivity index (χ3n) is 12.4. The van der Waals surface area contributed by atoms with Gasteiger partial charge in [0.15, 0.2) is 0 Å². The topological polar surface area (TPSA) is 16.4 Å². The molecule has 55 heavy (non-hydrogen) atoms. The zero-order valence-corrected chi connectivity index (χ0v) is 30.4. The number of nitrogens with zero attached hydrogens (tertiary/aromatic N) is 1. The average molecular weight is 702 g/mol. The van der Waals surface area contributed by atoms with Gasteiger partial charge in [-0.05, 0) is 121 Å². The molecule has 0 fully saturated rings. The van der Waals surface area contributed by atoms with Crippen LogP contribution in [0.4, 0.5) is 17.1 Å². The van der Waals surface area contributed by atoms with E-state index in [1.54, 1.807) is 0 Å². The lowest BCUT2D eigenvalue weighted by atomic mass is 9.60. The van der Waals surface area contributed by atoms with Crippen molar-refractivity contribution >= 4 is 60.5 Å². The van der Waals surface area contributed by atoms with Gasteiger partial charge in [0, 0.05) is 33.9 Å². The molecule has 258 valence electrons. The lowest BCUT2D eigenvalue weighted by Crippen LogP contribution is -2.33. The Kier molecular flexibility index (Phi) is 6.28. The van der Waals surface area contributed by atoms with Gasteiger partial charge < -0.3 is 9.32 Å². The Balaban J connectivity index is 1.18. The highest BCUT2D eigenvalue weighted by molar-refractivity contribution is 6.09. The van der Waals surface area contributed by atoms with Crippen LogP contribution in [0, 0.1) is 0 Å². The first-order valence-electron chi connectivity index (χ1n) is 19.3. The van der Waals surface area contributed by atoms with Crippen molar-refractivity contribution in [3.05, 3.63) is 210 Å². The molecule has 1 unspecified atom stereocenters. The van der Waals surface area contributed by atoms with Crippen LogP contribution in [-0.2, 0) is 11.8 Å². The van der Waals surface area contributed by atoms with Crippen molar-refractivity contribution in [1.82, 2.24) is 0 Å². The SMILES string of the molecule is CCc1ccc2cccc3c2c1C1(c2ccccc2-c2ccc(N(c4ccc5ccccc5c4)c4ccc5c(c4)oc4ccccc45)cc21)c1ccccc1-3. The zero-order chi connectivity index (χ0) is 36.3. The van der Waals surface area contributed by atoms with E-state index < -0.39 is 5.41 Å². The van der Waals surface area contributed by atoms with E-state index in [-0.39, 0.29) is 0 Å². The summed E-state index contributed by atoms with van der Waals surface area (Å²) in [6.07, 6.45) is 0.946. The lowest BCUT2D eigenvalue weighted by molar-refractivity contribution is 0.669. The van der Waals surface area contributed by atoms with Crippen LogP contribution in [-0.4, -0.2) is 0 Å². The second kappa shape index (κ2) is 11.3. The van der Waals surface area contributed by atoms with Gasteiger partial charge in [-0.25, -0.2) is 0 Å². The number of aryl methyl sites for hydroxylation is 1. The monoisotopic (exact) mass is 701 g/mol. The molecule has 1 heterocycles. The van der Waals surface area contributed by atoms with Crippen LogP contribution in [0.1, 0.15) is 34.7 Å². The predicted octanol–water partition coefficient (Wildman–Crippen LogP) is 14.3. The van der Waals surface area contributed by atoms with E-state index in [2.05, 4.69) is 188 Å². The summed E-state index contributed by atoms with van der Waals surface area (Å²) in [6, 6.07) is 67.5. The fourth-order valence-corrected chi connectivity index (χ4v) is 10.1. The van der Waals surface area contributed by atoms with Crippen LogP contribution in [0.15, 0.2) is 186 Å². The number of rotatable bonds is 4. The van der Waals surface area contributed by atoms with Gasteiger partial charge in [-0.3, -0.25) is 0 Å². The molecule has 0 saturated carbocycles. The molecular weight excluding hydrogens is 667 g/mol. The molecule has 0 radical (unpaired) electrons. The maximum Gasteiger partial charge on any atom is 0.137 e. The van der Waals surface area contributed by atoms with Crippen molar-refractivity contribution in [3.8, 4) is 22.3 Å². The van der Waals surface area contributed by atoms with Crippen molar-refractivity contribution in [2.45, 2.75) is 18.8 Å². The van der Waals surface area contributed by atoms with Crippen LogP contribution >= 0.6 is 0 Å². The minimum Gasteiger partial charge on any atom is -0.456 e. The van der Waals surface area contributed by atoms with E-state index in [1.165, 1.54) is 71.6 Å². The van der Waals surface area contributed by atoms with Gasteiger partial charge in [0.1, 0.15) is 11.2 Å². The smallest absolute Gasteiger partial charge is 0.137 e. The third kappa shape index (κ3) is 4.09. The van der Waals surface area contributed by atoms with E-state index in [1.807, 2.05) is 6.07 Å². The van der Waals surface area contributed by atoms with Crippen molar-refractivity contribution in [2.75, 3.05) is 4.90 Å². The number of para-hydroxylation sites is 1. The van der Waals surface area contributed by atoms with Crippen LogP contribution in [0.2, 0.25) is 0 Å². The number of anilines is 3. The Morgan fingerprint density at radius 1 is 0.436 bits per heavy atom. The molecule has 1 spiro atoms. The number of benzene rings is 9. The maximum absolute atomic E-state index is 6.50. The molecule has 0 amide bonds. The molecule has 10 aromatic rings. The lowest BCUT2D eigenvalue weighted by Gasteiger charge is -2.41. The number of hydrogen-bond acceptors (Lipinski definition) is 2. The van der Waals surface area contributed by atoms with Crippen LogP contribution < -0.4 is 4.90 Å². The van der Waals surface area contributed by atoms with Gasteiger partial charge in [-0.15, -0.1) is 0 Å². The molecule has 1 aromatic heterocycles. The largest absolute Gasteiger partial charge is 0.456 e. The number of fused-ring (bicyclic) bond motifs is 13. The highest BCUT2D eigenvalue weighted by Crippen LogP contribution is 2.63. The summed E-state index contributed by atoms with van der Waals surface area (Å²) in [5, 5.41) is 7.35. The average Bonchev–Trinajstić information content (AvgIpc) is 3.76. The summed E-state index contributed by atoms with van der Waals surface area (Å²) in [6.45, 7) is 2.31. The van der Waals surface area contributed by atoms with Crippen LogP contribution in [0.5, 0.6) is 0 Å². The molecular formula is C53H35NO. The fourth-order valence-electron chi connectivity index (χ4n) is 10.1. The first kappa shape index (κ1) is 30.6. The number of furan rings is 1. The Morgan fingerprint density at radius 2 is 1.04 bits per heavy atom. The molecule has 2 aliphatic carbocycles. The quantitative estimate of drug-likeness (QED) is 0.182. The summed E-state index contributed by atoms with van der Waals surface area (Å²) in [5.41, 5.74) is 16.6.